The topological polar surface area (TPSA) is 57.0 Å². The summed E-state index contributed by atoms with van der Waals surface area (Å²) in [6.07, 6.45) is 28.7. The molecule has 0 amide bonds. The predicted molar refractivity (Wildman–Crippen MR) is 175 cm³/mol. The maximum Gasteiger partial charge on any atom is 0.0538 e. The normalized spacial score (nSPS) is 26.8. The van der Waals surface area contributed by atoms with Crippen molar-refractivity contribution in [3.8, 4) is 0 Å². The zero-order valence-corrected chi connectivity index (χ0v) is 24.3. The van der Waals surface area contributed by atoms with Gasteiger partial charge >= 0.3 is 0 Å². The van der Waals surface area contributed by atoms with Gasteiger partial charge in [-0.3, -0.25) is 0 Å². The van der Waals surface area contributed by atoms with Gasteiger partial charge < -0.3 is 16.0 Å². The van der Waals surface area contributed by atoms with Crippen LogP contribution in [0, 0.1) is 11.8 Å². The first-order valence-electron chi connectivity index (χ1n) is 14.4. The summed E-state index contributed by atoms with van der Waals surface area (Å²) in [5, 5.41) is 1.33. The summed E-state index contributed by atoms with van der Waals surface area (Å²) in [6.45, 7) is 6.62. The summed E-state index contributed by atoms with van der Waals surface area (Å²) in [4.78, 5) is 0. The molecule has 3 nitrogen and oxygen atoms in total. The van der Waals surface area contributed by atoms with E-state index in [9.17, 15) is 0 Å². The van der Waals surface area contributed by atoms with E-state index in [1.54, 1.807) is 0 Å². The van der Waals surface area contributed by atoms with E-state index in [0.717, 1.165) is 37.0 Å². The van der Waals surface area contributed by atoms with Crippen LogP contribution in [0.5, 0.6) is 0 Å². The molecule has 2 unspecified atom stereocenters. The van der Waals surface area contributed by atoms with E-state index in [0.29, 0.717) is 24.1 Å². The summed E-state index contributed by atoms with van der Waals surface area (Å²) in [7, 11) is 0. The van der Waals surface area contributed by atoms with Crippen LogP contribution in [0.4, 0.5) is 0 Å². The van der Waals surface area contributed by atoms with E-state index in [4.69, 9.17) is 24.1 Å². The quantitative estimate of drug-likeness (QED) is 0.351. The number of allylic oxidation sites excluding steroid dienone is 14. The van der Waals surface area contributed by atoms with Crippen LogP contribution in [0.15, 0.2) is 107 Å². The lowest BCUT2D eigenvalue weighted by Crippen LogP contribution is -2.18. The van der Waals surface area contributed by atoms with Gasteiger partial charge in [0, 0.05) is 34.8 Å². The zero-order chi connectivity index (χ0) is 27.8. The number of hydrogen-bond acceptors (Lipinski definition) is 3. The average molecular weight is 546 g/mol. The third-order valence-corrected chi connectivity index (χ3v) is 8.99. The summed E-state index contributed by atoms with van der Waals surface area (Å²) >= 11 is 4.83. The highest BCUT2D eigenvalue weighted by Crippen LogP contribution is 2.56. The molecule has 0 saturated heterocycles. The van der Waals surface area contributed by atoms with Gasteiger partial charge in [0.2, 0.25) is 0 Å². The molecule has 0 radical (unpaired) electrons. The Morgan fingerprint density at radius 2 is 1.80 bits per heavy atom. The van der Waals surface area contributed by atoms with Crippen molar-refractivity contribution >= 4 is 35.3 Å². The highest BCUT2D eigenvalue weighted by molar-refractivity contribution is 7.80. The van der Waals surface area contributed by atoms with Crippen molar-refractivity contribution in [3.05, 3.63) is 130 Å². The Kier molecular flexibility index (Phi) is 7.48. The highest BCUT2D eigenvalue weighted by atomic mass is 32.1. The van der Waals surface area contributed by atoms with E-state index in [1.807, 2.05) is 19.1 Å². The Hall–Kier alpha value is -3.47. The van der Waals surface area contributed by atoms with Crippen molar-refractivity contribution in [2.75, 3.05) is 12.3 Å². The molecule has 2 aromatic rings. The van der Waals surface area contributed by atoms with E-state index < -0.39 is 0 Å². The van der Waals surface area contributed by atoms with Gasteiger partial charge in [-0.2, -0.15) is 12.6 Å². The lowest BCUT2D eigenvalue weighted by atomic mass is 9.86. The van der Waals surface area contributed by atoms with E-state index in [2.05, 4.69) is 78.0 Å². The number of rotatable bonds is 4. The molecule has 4 heteroatoms. The van der Waals surface area contributed by atoms with Crippen molar-refractivity contribution in [1.82, 2.24) is 4.57 Å². The minimum atomic E-state index is 0.478. The Morgan fingerprint density at radius 1 is 1.02 bits per heavy atom. The molecule has 1 fully saturated rings. The smallest absolute Gasteiger partial charge is 0.0538 e. The fraction of sp³-hybridized carbons (Fsp3) is 0.278. The van der Waals surface area contributed by atoms with Crippen LogP contribution in [0.25, 0.3) is 22.7 Å². The van der Waals surface area contributed by atoms with Crippen LogP contribution in [0.1, 0.15) is 42.1 Å². The summed E-state index contributed by atoms with van der Waals surface area (Å²) in [5.41, 5.74) is 26.6. The van der Waals surface area contributed by atoms with Crippen LogP contribution in [-0.2, 0) is 19.3 Å². The number of fused-ring (bicyclic) bond motifs is 5. The van der Waals surface area contributed by atoms with E-state index in [1.165, 1.54) is 62.1 Å². The first kappa shape index (κ1) is 26.7. The molecule has 4 aliphatic rings. The second-order valence-corrected chi connectivity index (χ2v) is 11.7. The largest absolute Gasteiger partial charge is 0.402 e. The molecule has 0 aliphatic heterocycles. The molecular formula is C36H39N3S. The third kappa shape index (κ3) is 4.95. The van der Waals surface area contributed by atoms with Crippen LogP contribution >= 0.6 is 12.6 Å². The molecule has 204 valence electrons. The number of nitrogens with two attached hydrogens (primary N) is 2. The predicted octanol–water partition coefficient (Wildman–Crippen LogP) is 7.39. The number of thiol groups is 1. The maximum atomic E-state index is 6.65. The molecule has 0 bridgehead atoms. The summed E-state index contributed by atoms with van der Waals surface area (Å²) < 4.78 is 2.47. The third-order valence-electron chi connectivity index (χ3n) is 8.67. The molecule has 1 aromatic carbocycles. The van der Waals surface area contributed by atoms with E-state index in [-0.39, 0.29) is 0 Å². The molecular weight excluding hydrogens is 506 g/mol. The molecule has 2 atom stereocenters. The second-order valence-electron chi connectivity index (χ2n) is 11.4. The summed E-state index contributed by atoms with van der Waals surface area (Å²) in [6, 6.07) is 4.84. The van der Waals surface area contributed by atoms with Crippen LogP contribution in [0.3, 0.4) is 0 Å². The Balaban J connectivity index is 1.56. The molecule has 0 spiro atoms. The van der Waals surface area contributed by atoms with E-state index >= 15 is 0 Å². The fourth-order valence-corrected chi connectivity index (χ4v) is 7.11. The van der Waals surface area contributed by atoms with Crippen molar-refractivity contribution in [1.29, 1.82) is 0 Å². The van der Waals surface area contributed by atoms with Gasteiger partial charge in [-0.1, -0.05) is 61.3 Å². The monoisotopic (exact) mass is 545 g/mol. The zero-order valence-electron chi connectivity index (χ0n) is 23.4. The van der Waals surface area contributed by atoms with Crippen molar-refractivity contribution in [3.63, 3.8) is 0 Å². The van der Waals surface area contributed by atoms with Gasteiger partial charge in [0.15, 0.2) is 0 Å². The Bertz CT molecular complexity index is 1630. The highest BCUT2D eigenvalue weighted by Gasteiger charge is 2.45. The number of aromatic nitrogens is 1. The van der Waals surface area contributed by atoms with Gasteiger partial charge in [-0.25, -0.2) is 0 Å². The molecule has 40 heavy (non-hydrogen) atoms. The van der Waals surface area contributed by atoms with Crippen LogP contribution in [-0.4, -0.2) is 16.9 Å². The van der Waals surface area contributed by atoms with Gasteiger partial charge in [0.05, 0.1) is 5.52 Å². The van der Waals surface area contributed by atoms with Gasteiger partial charge in [0.1, 0.15) is 0 Å². The number of benzene rings is 1. The number of nitrogens with zero attached hydrogens (tertiary/aromatic N) is 1. The van der Waals surface area contributed by atoms with Crippen molar-refractivity contribution < 1.29 is 0 Å². The molecule has 4 aliphatic carbocycles. The minimum absolute atomic E-state index is 0.478. The van der Waals surface area contributed by atoms with Gasteiger partial charge in [0.25, 0.3) is 0 Å². The van der Waals surface area contributed by atoms with Crippen LogP contribution in [0.2, 0.25) is 0 Å². The molecule has 1 saturated carbocycles. The maximum absolute atomic E-state index is 6.65. The SMILES string of the molecule is C=C1\C=C/C=C\C=C\Cc2cc3c(cc2C/C=C\1)c1c(n3/C(CN)=C2/CC3CC3C(/C=C(\C)N)=C2CS)C=CC1. The van der Waals surface area contributed by atoms with Gasteiger partial charge in [-0.15, -0.1) is 0 Å². The van der Waals surface area contributed by atoms with Crippen molar-refractivity contribution in [2.24, 2.45) is 23.3 Å². The Morgan fingerprint density at radius 3 is 2.60 bits per heavy atom. The van der Waals surface area contributed by atoms with Crippen LogP contribution < -0.4 is 11.5 Å². The number of hydrogen-bond donors (Lipinski definition) is 3. The summed E-state index contributed by atoms with van der Waals surface area (Å²) in [5.74, 6) is 1.98. The molecule has 1 aromatic heterocycles. The molecule has 1 heterocycles. The lowest BCUT2D eigenvalue weighted by Gasteiger charge is -2.25. The van der Waals surface area contributed by atoms with Gasteiger partial charge in [-0.05, 0) is 114 Å². The molecule has 6 rings (SSSR count). The fourth-order valence-electron chi connectivity index (χ4n) is 6.73. The Labute approximate surface area is 243 Å². The minimum Gasteiger partial charge on any atom is -0.402 e. The second kappa shape index (κ2) is 11.2. The standard InChI is InChI=1S/C36H39N3S/c1-23-10-6-4-3-5-7-12-26-20-35-31(17-25(26)13-8-11-23)28-14-9-15-34(28)39(35)36(21-37)32-19-27-18-29(27)30(16-24(2)38)33(32)22-40/h3-11,15-17,20,27,29,40H,1,12-14,18-19,21-22,37-38H2,2H3/b4-3-,7-5+,10-6-,11-8-,24-16+,36-32-. The lowest BCUT2D eigenvalue weighted by molar-refractivity contribution is 0.727. The first-order valence-corrected chi connectivity index (χ1v) is 15.0. The van der Waals surface area contributed by atoms with Crippen molar-refractivity contribution in [2.45, 2.75) is 39.0 Å². The first-order chi connectivity index (χ1) is 19.5. The molecule has 4 N–H and O–H groups in total. The average Bonchev–Trinajstić information content (AvgIpc) is 3.45.